The molecule has 0 fully saturated rings. The van der Waals surface area contributed by atoms with Gasteiger partial charge in [-0.3, -0.25) is 5.41 Å². The predicted molar refractivity (Wildman–Crippen MR) is 130 cm³/mol. The number of nitrogens with zero attached hydrogens (tertiary/aromatic N) is 1. The molecule has 1 heterocycles. The lowest BCUT2D eigenvalue weighted by Crippen LogP contribution is -2.37. The van der Waals surface area contributed by atoms with E-state index in [1.165, 1.54) is 68.8 Å². The monoisotopic (exact) mass is 527 g/mol. The zero-order chi connectivity index (χ0) is 24.4. The van der Waals surface area contributed by atoms with Crippen molar-refractivity contribution < 1.29 is 26.3 Å². The zero-order valence-corrected chi connectivity index (χ0v) is 21.1. The molecule has 13 heteroatoms. The molecule has 0 spiro atoms. The van der Waals surface area contributed by atoms with Crippen molar-refractivity contribution in [2.24, 2.45) is 5.73 Å². The van der Waals surface area contributed by atoms with E-state index < -0.39 is 20.0 Å². The zero-order valence-electron chi connectivity index (χ0n) is 17.8. The number of nitrogens with two attached hydrogens (primary N) is 1. The Balaban J connectivity index is 2.29. The highest BCUT2D eigenvalue weighted by atomic mass is 32.3. The molecular weight excluding hydrogens is 507 g/mol. The minimum Gasteiger partial charge on any atom is -0.497 e. The lowest BCUT2D eigenvalue weighted by Gasteiger charge is -2.24. The van der Waals surface area contributed by atoms with E-state index in [-0.39, 0.29) is 26.2 Å². The van der Waals surface area contributed by atoms with Crippen LogP contribution in [0.1, 0.15) is 4.88 Å². The first kappa shape index (κ1) is 24.9. The fourth-order valence-electron chi connectivity index (χ4n) is 2.85. The van der Waals surface area contributed by atoms with Gasteiger partial charge in [0.15, 0.2) is 0 Å². The van der Waals surface area contributed by atoms with Gasteiger partial charge in [-0.25, -0.2) is 16.8 Å². The molecule has 0 unspecified atom stereocenters. The molecule has 3 rings (SSSR count). The summed E-state index contributed by atoms with van der Waals surface area (Å²) in [5.74, 6) is 0.528. The molecule has 0 aliphatic heterocycles. The number of rotatable bonds is 9. The Morgan fingerprint density at radius 3 is 1.67 bits per heavy atom. The van der Waals surface area contributed by atoms with E-state index in [9.17, 15) is 16.8 Å². The molecule has 3 N–H and O–H groups in total. The van der Waals surface area contributed by atoms with Crippen molar-refractivity contribution in [3.05, 3.63) is 59.5 Å². The highest BCUT2D eigenvalue weighted by Gasteiger charge is 2.39. The normalized spacial score (nSPS) is 11.7. The number of amidine groups is 1. The Bertz CT molecular complexity index is 1290. The van der Waals surface area contributed by atoms with Crippen LogP contribution >= 0.6 is 23.1 Å². The van der Waals surface area contributed by atoms with Gasteiger partial charge in [0.1, 0.15) is 17.3 Å². The summed E-state index contributed by atoms with van der Waals surface area (Å²) in [6.45, 7) is 0. The summed E-state index contributed by atoms with van der Waals surface area (Å²) in [5, 5.41) is 7.72. The highest BCUT2D eigenvalue weighted by Crippen LogP contribution is 2.42. The standard InChI is InChI=1S/C20H21N3O6S4/c1-28-13-4-8-15(9-5-13)32(24,25)23(17-12-18(19(21)22)31-20(17)30-3)33(26,27)16-10-6-14(29-2)7-11-16/h4-12H,1-3H3,(H3,21,22). The third kappa shape index (κ3) is 4.81. The molecule has 0 bridgehead atoms. The van der Waals surface area contributed by atoms with E-state index in [0.717, 1.165) is 23.1 Å². The third-order valence-corrected chi connectivity index (χ3v) is 10.9. The number of methoxy groups -OCH3 is 2. The van der Waals surface area contributed by atoms with Gasteiger partial charge in [0, 0.05) is 0 Å². The van der Waals surface area contributed by atoms with Crippen molar-refractivity contribution in [2.45, 2.75) is 14.0 Å². The molecule has 9 nitrogen and oxygen atoms in total. The van der Waals surface area contributed by atoms with Crippen molar-refractivity contribution in [3.63, 3.8) is 0 Å². The van der Waals surface area contributed by atoms with Gasteiger partial charge < -0.3 is 15.2 Å². The van der Waals surface area contributed by atoms with E-state index >= 15 is 0 Å². The summed E-state index contributed by atoms with van der Waals surface area (Å²) in [7, 11) is -6.34. The van der Waals surface area contributed by atoms with Crippen molar-refractivity contribution in [1.82, 2.24) is 0 Å². The first-order chi connectivity index (χ1) is 15.6. The smallest absolute Gasteiger partial charge is 0.277 e. The third-order valence-electron chi connectivity index (χ3n) is 4.48. The molecule has 2 aromatic carbocycles. The molecule has 0 saturated carbocycles. The van der Waals surface area contributed by atoms with Gasteiger partial charge in [0.2, 0.25) is 0 Å². The Morgan fingerprint density at radius 1 is 0.909 bits per heavy atom. The topological polar surface area (TPSA) is 140 Å². The van der Waals surface area contributed by atoms with E-state index in [4.69, 9.17) is 20.6 Å². The number of thioether (sulfide) groups is 1. The van der Waals surface area contributed by atoms with Crippen molar-refractivity contribution in [1.29, 1.82) is 5.41 Å². The van der Waals surface area contributed by atoms with Crippen LogP contribution < -0.4 is 18.9 Å². The van der Waals surface area contributed by atoms with Crippen LogP contribution in [0, 0.1) is 5.41 Å². The molecule has 0 atom stereocenters. The van der Waals surface area contributed by atoms with E-state index in [0.29, 0.717) is 19.4 Å². The number of benzene rings is 2. The van der Waals surface area contributed by atoms with Crippen LogP contribution in [0.2, 0.25) is 0 Å². The maximum atomic E-state index is 13.7. The average Bonchev–Trinajstić information content (AvgIpc) is 3.22. The van der Waals surface area contributed by atoms with Crippen molar-refractivity contribution in [3.8, 4) is 11.5 Å². The van der Waals surface area contributed by atoms with Crippen LogP contribution in [0.3, 0.4) is 0 Å². The number of nitrogens with one attached hydrogen (secondary N) is 1. The first-order valence-electron chi connectivity index (χ1n) is 9.17. The molecule has 33 heavy (non-hydrogen) atoms. The van der Waals surface area contributed by atoms with Crippen LogP contribution in [-0.2, 0) is 20.0 Å². The molecule has 1 aromatic heterocycles. The summed E-state index contributed by atoms with van der Waals surface area (Å²) in [5.41, 5.74) is 5.49. The van der Waals surface area contributed by atoms with Crippen LogP contribution in [0.15, 0.2) is 68.6 Å². The molecule has 3 aromatic rings. The largest absolute Gasteiger partial charge is 0.497 e. The molecular formula is C20H21N3O6S4. The van der Waals surface area contributed by atoms with Crippen LogP contribution in [0.5, 0.6) is 11.5 Å². The SMILES string of the molecule is COc1ccc(S(=O)(=O)N(c2cc(C(=N)N)sc2SC)S(=O)(=O)c2ccc(OC)cc2)cc1. The van der Waals surface area contributed by atoms with Crippen LogP contribution in [-0.4, -0.2) is 43.1 Å². The lowest BCUT2D eigenvalue weighted by atomic mass is 10.3. The van der Waals surface area contributed by atoms with Gasteiger partial charge in [0.05, 0.1) is 38.8 Å². The Morgan fingerprint density at radius 2 is 1.33 bits per heavy atom. The number of thiophene rings is 1. The van der Waals surface area contributed by atoms with Gasteiger partial charge in [-0.1, -0.05) is 0 Å². The number of ether oxygens (including phenoxy) is 2. The van der Waals surface area contributed by atoms with E-state index in [1.54, 1.807) is 6.26 Å². The van der Waals surface area contributed by atoms with Gasteiger partial charge >= 0.3 is 0 Å². The number of hydrogen-bond acceptors (Lipinski definition) is 9. The maximum absolute atomic E-state index is 13.7. The van der Waals surface area contributed by atoms with Crippen LogP contribution in [0.25, 0.3) is 0 Å². The molecule has 0 saturated heterocycles. The molecule has 0 amide bonds. The molecule has 176 valence electrons. The second-order valence-corrected chi connectivity index (χ2v) is 12.4. The molecule has 0 aliphatic rings. The Kier molecular flexibility index (Phi) is 7.26. The second kappa shape index (κ2) is 9.63. The molecule has 0 radical (unpaired) electrons. The van der Waals surface area contributed by atoms with E-state index in [1.807, 2.05) is 0 Å². The fraction of sp³-hybridized carbons (Fsp3) is 0.150. The summed E-state index contributed by atoms with van der Waals surface area (Å²) >= 11 is 2.19. The number of sulfonamides is 2. The lowest BCUT2D eigenvalue weighted by molar-refractivity contribution is 0.414. The van der Waals surface area contributed by atoms with Gasteiger partial charge in [-0.2, -0.15) is 3.71 Å². The Labute approximate surface area is 200 Å². The van der Waals surface area contributed by atoms with Crippen molar-refractivity contribution in [2.75, 3.05) is 24.2 Å². The number of hydrogen-bond donors (Lipinski definition) is 2. The summed E-state index contributed by atoms with van der Waals surface area (Å²) in [4.78, 5) is -0.250. The highest BCUT2D eigenvalue weighted by molar-refractivity contribution is 8.10. The van der Waals surface area contributed by atoms with Crippen LogP contribution in [0.4, 0.5) is 5.69 Å². The minimum atomic E-state index is -4.60. The fourth-order valence-corrected chi connectivity index (χ4v) is 8.47. The van der Waals surface area contributed by atoms with Crippen molar-refractivity contribution >= 4 is 54.7 Å². The summed E-state index contributed by atoms with van der Waals surface area (Å²) in [6, 6.07) is 12.1. The number of anilines is 1. The van der Waals surface area contributed by atoms with E-state index in [2.05, 4.69) is 0 Å². The second-order valence-electron chi connectivity index (χ2n) is 6.46. The van der Waals surface area contributed by atoms with Gasteiger partial charge in [-0.05, 0) is 60.9 Å². The summed E-state index contributed by atoms with van der Waals surface area (Å²) < 4.78 is 65.8. The predicted octanol–water partition coefficient (Wildman–Crippen LogP) is 3.36. The number of nitrogen functional groups attached to an aromatic ring is 1. The average molecular weight is 528 g/mol. The maximum Gasteiger partial charge on any atom is 0.277 e. The molecule has 0 aliphatic carbocycles. The quantitative estimate of drug-likeness (QED) is 0.245. The van der Waals surface area contributed by atoms with Gasteiger partial charge in [-0.15, -0.1) is 23.1 Å². The summed E-state index contributed by atoms with van der Waals surface area (Å²) in [6.07, 6.45) is 1.68. The first-order valence-corrected chi connectivity index (χ1v) is 14.1. The minimum absolute atomic E-state index is 0.107. The Hall–Kier alpha value is -2.74. The van der Waals surface area contributed by atoms with Gasteiger partial charge in [0.25, 0.3) is 20.0 Å².